The first-order chi connectivity index (χ1) is 14.8. The lowest BCUT2D eigenvalue weighted by Gasteiger charge is -2.35. The molecule has 0 unspecified atom stereocenters. The summed E-state index contributed by atoms with van der Waals surface area (Å²) in [7, 11) is -1.78. The number of methoxy groups -OCH3 is 2. The van der Waals surface area contributed by atoms with E-state index >= 15 is 0 Å². The van der Waals surface area contributed by atoms with Gasteiger partial charge in [-0.1, -0.05) is 0 Å². The molecule has 0 amide bonds. The standard InChI is InChI=1S/C20H20N4O6S/c1-29-19(25)15-3-4-16(20(26)30-2)17(12-15)31(27,28)24-9-7-23(8-10-24)18-11-14(13-21)5-6-22-18/h3-6,11-12H,7-10H2,1-2H3. The van der Waals surface area contributed by atoms with Crippen molar-refractivity contribution in [3.63, 3.8) is 0 Å². The van der Waals surface area contributed by atoms with Crippen molar-refractivity contribution in [2.24, 2.45) is 0 Å². The van der Waals surface area contributed by atoms with E-state index in [0.29, 0.717) is 24.5 Å². The van der Waals surface area contributed by atoms with Gasteiger partial charge in [0.25, 0.3) is 0 Å². The maximum absolute atomic E-state index is 13.3. The number of carbonyl (C=O) groups is 2. The first kappa shape index (κ1) is 22.2. The van der Waals surface area contributed by atoms with Crippen LogP contribution >= 0.6 is 0 Å². The number of hydrogen-bond donors (Lipinski definition) is 0. The molecule has 0 aliphatic carbocycles. The number of pyridine rings is 1. The SMILES string of the molecule is COC(=O)c1ccc(C(=O)OC)c(S(=O)(=O)N2CCN(c3cc(C#N)ccn3)CC2)c1. The Kier molecular flexibility index (Phi) is 6.53. The number of rotatable bonds is 5. The van der Waals surface area contributed by atoms with Crippen molar-refractivity contribution >= 4 is 27.8 Å². The molecule has 1 saturated heterocycles. The van der Waals surface area contributed by atoms with E-state index in [1.165, 1.54) is 29.7 Å². The first-order valence-electron chi connectivity index (χ1n) is 9.23. The van der Waals surface area contributed by atoms with E-state index in [9.17, 15) is 18.0 Å². The summed E-state index contributed by atoms with van der Waals surface area (Å²) in [5, 5.41) is 9.05. The molecule has 1 aromatic heterocycles. The second kappa shape index (κ2) is 9.11. The minimum absolute atomic E-state index is 0.00452. The Labute approximate surface area is 179 Å². The number of nitriles is 1. The Morgan fingerprint density at radius 1 is 1.03 bits per heavy atom. The van der Waals surface area contributed by atoms with E-state index in [4.69, 9.17) is 10.00 Å². The van der Waals surface area contributed by atoms with Crippen LogP contribution in [0, 0.1) is 11.3 Å². The number of hydrogen-bond acceptors (Lipinski definition) is 9. The van der Waals surface area contributed by atoms with Gasteiger partial charge in [-0.05, 0) is 30.3 Å². The maximum Gasteiger partial charge on any atom is 0.339 e. The third kappa shape index (κ3) is 4.50. The van der Waals surface area contributed by atoms with Crippen LogP contribution in [0.25, 0.3) is 0 Å². The lowest BCUT2D eigenvalue weighted by atomic mass is 10.1. The lowest BCUT2D eigenvalue weighted by molar-refractivity contribution is 0.0583. The second-order valence-corrected chi connectivity index (χ2v) is 8.51. The Morgan fingerprint density at radius 2 is 1.71 bits per heavy atom. The molecule has 2 aromatic rings. The molecule has 3 rings (SSSR count). The third-order valence-corrected chi connectivity index (χ3v) is 6.80. The van der Waals surface area contributed by atoms with Crippen LogP contribution in [0.15, 0.2) is 41.4 Å². The molecule has 162 valence electrons. The normalized spacial score (nSPS) is 14.5. The fourth-order valence-corrected chi connectivity index (χ4v) is 4.84. The maximum atomic E-state index is 13.3. The van der Waals surface area contributed by atoms with Gasteiger partial charge in [-0.15, -0.1) is 0 Å². The van der Waals surface area contributed by atoms with E-state index in [1.54, 1.807) is 12.1 Å². The average Bonchev–Trinajstić information content (AvgIpc) is 2.82. The van der Waals surface area contributed by atoms with E-state index in [2.05, 4.69) is 9.72 Å². The second-order valence-electron chi connectivity index (χ2n) is 6.60. The van der Waals surface area contributed by atoms with Crippen LogP contribution in [-0.4, -0.2) is 70.0 Å². The summed E-state index contributed by atoms with van der Waals surface area (Å²) in [6.45, 7) is 0.935. The van der Waals surface area contributed by atoms with Crippen LogP contribution in [0.3, 0.4) is 0 Å². The fraction of sp³-hybridized carbons (Fsp3) is 0.300. The fourth-order valence-electron chi connectivity index (χ4n) is 3.22. The van der Waals surface area contributed by atoms with E-state index < -0.39 is 22.0 Å². The Balaban J connectivity index is 1.89. The van der Waals surface area contributed by atoms with Gasteiger partial charge in [-0.2, -0.15) is 9.57 Å². The van der Waals surface area contributed by atoms with Gasteiger partial charge >= 0.3 is 11.9 Å². The highest BCUT2D eigenvalue weighted by molar-refractivity contribution is 7.89. The van der Waals surface area contributed by atoms with Crippen LogP contribution in [-0.2, 0) is 19.5 Å². The largest absolute Gasteiger partial charge is 0.465 e. The summed E-state index contributed by atoms with van der Waals surface area (Å²) in [6, 6.07) is 8.94. The lowest BCUT2D eigenvalue weighted by Crippen LogP contribution is -2.49. The number of piperazine rings is 1. The minimum atomic E-state index is -4.11. The number of esters is 2. The summed E-state index contributed by atoms with van der Waals surface area (Å²) < 4.78 is 37.2. The number of sulfonamides is 1. The Hall–Kier alpha value is -3.49. The van der Waals surface area contributed by atoms with Gasteiger partial charge in [0.1, 0.15) is 5.82 Å². The molecule has 0 N–H and O–H groups in total. The minimum Gasteiger partial charge on any atom is -0.465 e. The smallest absolute Gasteiger partial charge is 0.339 e. The highest BCUT2D eigenvalue weighted by Gasteiger charge is 2.33. The Bertz CT molecular complexity index is 1150. The zero-order valence-corrected chi connectivity index (χ0v) is 17.8. The molecule has 31 heavy (non-hydrogen) atoms. The molecule has 1 aromatic carbocycles. The van der Waals surface area contributed by atoms with Crippen molar-refractivity contribution < 1.29 is 27.5 Å². The molecular formula is C20H20N4O6S. The third-order valence-electron chi connectivity index (χ3n) is 4.86. The van der Waals surface area contributed by atoms with Crippen LogP contribution in [0.1, 0.15) is 26.3 Å². The number of aromatic nitrogens is 1. The molecule has 11 heteroatoms. The van der Waals surface area contributed by atoms with Gasteiger partial charge in [0.15, 0.2) is 0 Å². The zero-order valence-electron chi connectivity index (χ0n) is 16.9. The zero-order chi connectivity index (χ0) is 22.6. The summed E-state index contributed by atoms with van der Waals surface area (Å²) in [6.07, 6.45) is 1.53. The van der Waals surface area contributed by atoms with Crippen LogP contribution in [0.2, 0.25) is 0 Å². The van der Waals surface area contributed by atoms with Crippen LogP contribution < -0.4 is 4.90 Å². The summed E-state index contributed by atoms with van der Waals surface area (Å²) in [5.74, 6) is -0.966. The van der Waals surface area contributed by atoms with Crippen molar-refractivity contribution in [2.75, 3.05) is 45.3 Å². The van der Waals surface area contributed by atoms with Gasteiger partial charge < -0.3 is 14.4 Å². The van der Waals surface area contributed by atoms with Crippen molar-refractivity contribution in [1.29, 1.82) is 5.26 Å². The molecular weight excluding hydrogens is 424 g/mol. The van der Waals surface area contributed by atoms with Gasteiger partial charge in [0.05, 0.1) is 41.9 Å². The predicted molar refractivity (Wildman–Crippen MR) is 109 cm³/mol. The van der Waals surface area contributed by atoms with Gasteiger partial charge in [-0.25, -0.2) is 23.0 Å². The molecule has 0 atom stereocenters. The highest BCUT2D eigenvalue weighted by Crippen LogP contribution is 2.25. The van der Waals surface area contributed by atoms with Crippen molar-refractivity contribution in [3.8, 4) is 6.07 Å². The molecule has 2 heterocycles. The molecule has 10 nitrogen and oxygen atoms in total. The first-order valence-corrected chi connectivity index (χ1v) is 10.7. The van der Waals surface area contributed by atoms with E-state index in [0.717, 1.165) is 13.2 Å². The number of carbonyl (C=O) groups excluding carboxylic acids is 2. The van der Waals surface area contributed by atoms with Crippen LogP contribution in [0.5, 0.6) is 0 Å². The molecule has 1 aliphatic rings. The van der Waals surface area contributed by atoms with Crippen LogP contribution in [0.4, 0.5) is 5.82 Å². The molecule has 0 spiro atoms. The van der Waals surface area contributed by atoms with E-state index in [-0.39, 0.29) is 29.1 Å². The molecule has 0 radical (unpaired) electrons. The monoisotopic (exact) mass is 444 g/mol. The number of nitrogens with zero attached hydrogens (tertiary/aromatic N) is 4. The van der Waals surface area contributed by atoms with E-state index in [1.807, 2.05) is 11.0 Å². The molecule has 0 bridgehead atoms. The van der Waals surface area contributed by atoms with Crippen molar-refractivity contribution in [1.82, 2.24) is 9.29 Å². The number of benzene rings is 1. The van der Waals surface area contributed by atoms with Gasteiger partial charge in [0.2, 0.25) is 10.0 Å². The highest BCUT2D eigenvalue weighted by atomic mass is 32.2. The number of ether oxygens (including phenoxy) is 2. The molecule has 1 fully saturated rings. The Morgan fingerprint density at radius 3 is 2.32 bits per heavy atom. The topological polar surface area (TPSA) is 130 Å². The van der Waals surface area contributed by atoms with Gasteiger partial charge in [-0.3, -0.25) is 0 Å². The quantitative estimate of drug-likeness (QED) is 0.621. The van der Waals surface area contributed by atoms with Crippen molar-refractivity contribution in [2.45, 2.75) is 4.90 Å². The average molecular weight is 444 g/mol. The summed E-state index contributed by atoms with van der Waals surface area (Å²) in [5.41, 5.74) is 0.299. The molecule has 0 saturated carbocycles. The molecule has 1 aliphatic heterocycles. The number of anilines is 1. The van der Waals surface area contributed by atoms with Gasteiger partial charge in [0, 0.05) is 32.4 Å². The van der Waals surface area contributed by atoms with Crippen molar-refractivity contribution in [3.05, 3.63) is 53.2 Å². The predicted octanol–water partition coefficient (Wildman–Crippen LogP) is 1.04. The summed E-state index contributed by atoms with van der Waals surface area (Å²) in [4.78, 5) is 29.8. The summed E-state index contributed by atoms with van der Waals surface area (Å²) >= 11 is 0.